The van der Waals surface area contributed by atoms with Crippen LogP contribution in [-0.4, -0.2) is 39.2 Å². The molecular weight excluding hydrogens is 426 g/mol. The van der Waals surface area contributed by atoms with Crippen LogP contribution in [0.5, 0.6) is 5.75 Å². The van der Waals surface area contributed by atoms with Crippen molar-refractivity contribution in [3.8, 4) is 5.75 Å². The van der Waals surface area contributed by atoms with E-state index in [-0.39, 0.29) is 30.8 Å². The minimum Gasteiger partial charge on any atom is -0.486 e. The fraction of sp³-hybridized carbons (Fsp3) is 0.250. The Bertz CT molecular complexity index is 1280. The summed E-state index contributed by atoms with van der Waals surface area (Å²) in [5, 5.41) is 0. The number of carbonyl (C=O) groups is 2. The minimum absolute atomic E-state index is 0.0321. The van der Waals surface area contributed by atoms with E-state index in [1.807, 2.05) is 94.4 Å². The van der Waals surface area contributed by atoms with E-state index in [2.05, 4.69) is 0 Å². The first-order valence-electron chi connectivity index (χ1n) is 11.7. The Labute approximate surface area is 198 Å². The second-order valence-corrected chi connectivity index (χ2v) is 8.59. The number of Topliss-reactive ketones (excluding diaryl/α,β-unsaturated/α-hetero) is 1. The van der Waals surface area contributed by atoms with E-state index in [0.29, 0.717) is 31.8 Å². The Balaban J connectivity index is 1.27. The van der Waals surface area contributed by atoms with E-state index >= 15 is 0 Å². The molecule has 0 saturated carbocycles. The number of piperidine rings is 1. The minimum atomic E-state index is -0.0321. The first-order valence-corrected chi connectivity index (χ1v) is 11.7. The maximum absolute atomic E-state index is 13.2. The molecule has 1 aromatic heterocycles. The maximum Gasteiger partial charge on any atom is 0.242 e. The number of nitrogens with zero attached hydrogens (tertiary/aromatic N) is 3. The van der Waals surface area contributed by atoms with Crippen molar-refractivity contribution >= 4 is 22.7 Å². The first kappa shape index (κ1) is 21.9. The smallest absolute Gasteiger partial charge is 0.242 e. The van der Waals surface area contributed by atoms with E-state index in [1.54, 1.807) is 0 Å². The number of likely N-dealkylation sites (tertiary alicyclic amines) is 1. The van der Waals surface area contributed by atoms with Crippen molar-refractivity contribution in [3.05, 3.63) is 96.3 Å². The fourth-order valence-corrected chi connectivity index (χ4v) is 4.54. The SMILES string of the molecule is O=C(c1ccccc1)C1CCN(C(=O)Cn2c(COc3ccccc3)nc3ccccc32)CC1. The molecule has 6 heteroatoms. The van der Waals surface area contributed by atoms with Crippen molar-refractivity contribution in [2.75, 3.05) is 13.1 Å². The van der Waals surface area contributed by atoms with Gasteiger partial charge in [-0.1, -0.05) is 60.7 Å². The van der Waals surface area contributed by atoms with Crippen molar-refractivity contribution < 1.29 is 14.3 Å². The third kappa shape index (κ3) is 4.71. The van der Waals surface area contributed by atoms with Crippen molar-refractivity contribution in [2.24, 2.45) is 5.92 Å². The Hall–Kier alpha value is -3.93. The zero-order valence-corrected chi connectivity index (χ0v) is 19.0. The lowest BCUT2D eigenvalue weighted by Crippen LogP contribution is -2.42. The summed E-state index contributed by atoms with van der Waals surface area (Å²) in [5.41, 5.74) is 2.51. The monoisotopic (exact) mass is 453 g/mol. The number of amides is 1. The van der Waals surface area contributed by atoms with Crippen molar-refractivity contribution in [1.29, 1.82) is 0 Å². The molecule has 0 unspecified atom stereocenters. The molecule has 0 radical (unpaired) electrons. The van der Waals surface area contributed by atoms with Gasteiger partial charge in [0.25, 0.3) is 0 Å². The van der Waals surface area contributed by atoms with Gasteiger partial charge in [0.05, 0.1) is 11.0 Å². The highest BCUT2D eigenvalue weighted by Gasteiger charge is 2.28. The maximum atomic E-state index is 13.2. The van der Waals surface area contributed by atoms with Gasteiger partial charge in [-0.3, -0.25) is 9.59 Å². The van der Waals surface area contributed by atoms with E-state index in [4.69, 9.17) is 9.72 Å². The quantitative estimate of drug-likeness (QED) is 0.379. The number of hydrogen-bond acceptors (Lipinski definition) is 4. The summed E-state index contributed by atoms with van der Waals surface area (Å²) in [4.78, 5) is 32.6. The largest absolute Gasteiger partial charge is 0.486 e. The molecule has 5 rings (SSSR count). The summed E-state index contributed by atoms with van der Waals surface area (Å²) < 4.78 is 7.87. The second-order valence-electron chi connectivity index (χ2n) is 8.59. The predicted molar refractivity (Wildman–Crippen MR) is 131 cm³/mol. The zero-order valence-electron chi connectivity index (χ0n) is 19.0. The summed E-state index contributed by atoms with van der Waals surface area (Å²) in [6, 6.07) is 26.8. The Morgan fingerprint density at radius 3 is 2.24 bits per heavy atom. The molecule has 0 N–H and O–H groups in total. The van der Waals surface area contributed by atoms with Gasteiger partial charge < -0.3 is 14.2 Å². The topological polar surface area (TPSA) is 64.4 Å². The van der Waals surface area contributed by atoms with Crippen LogP contribution in [0.2, 0.25) is 0 Å². The predicted octanol–water partition coefficient (Wildman–Crippen LogP) is 4.74. The van der Waals surface area contributed by atoms with Crippen molar-refractivity contribution in [3.63, 3.8) is 0 Å². The molecule has 0 atom stereocenters. The lowest BCUT2D eigenvalue weighted by atomic mass is 9.89. The summed E-state index contributed by atoms with van der Waals surface area (Å²) in [6.07, 6.45) is 1.38. The number of imidazole rings is 1. The number of benzene rings is 3. The highest BCUT2D eigenvalue weighted by atomic mass is 16.5. The van der Waals surface area contributed by atoms with E-state index in [9.17, 15) is 9.59 Å². The second kappa shape index (κ2) is 9.91. The Morgan fingerprint density at radius 1 is 0.853 bits per heavy atom. The number of fused-ring (bicyclic) bond motifs is 1. The number of ketones is 1. The normalized spacial score (nSPS) is 14.3. The summed E-state index contributed by atoms with van der Waals surface area (Å²) in [6.45, 7) is 1.65. The molecule has 4 aromatic rings. The van der Waals surface area contributed by atoms with Crippen molar-refractivity contribution in [1.82, 2.24) is 14.5 Å². The van der Waals surface area contributed by atoms with Gasteiger partial charge in [-0.15, -0.1) is 0 Å². The van der Waals surface area contributed by atoms with Gasteiger partial charge in [0.1, 0.15) is 24.7 Å². The van der Waals surface area contributed by atoms with Gasteiger partial charge in [-0.25, -0.2) is 4.98 Å². The molecule has 1 aliphatic rings. The molecule has 0 bridgehead atoms. The average molecular weight is 454 g/mol. The number of carbonyl (C=O) groups excluding carboxylic acids is 2. The molecule has 2 heterocycles. The average Bonchev–Trinajstić information content (AvgIpc) is 3.25. The molecular formula is C28H27N3O3. The zero-order chi connectivity index (χ0) is 23.3. The molecule has 1 saturated heterocycles. The fourth-order valence-electron chi connectivity index (χ4n) is 4.54. The van der Waals surface area contributed by atoms with Crippen LogP contribution in [0, 0.1) is 5.92 Å². The van der Waals surface area contributed by atoms with Crippen LogP contribution < -0.4 is 4.74 Å². The number of rotatable bonds is 7. The molecule has 34 heavy (non-hydrogen) atoms. The van der Waals surface area contributed by atoms with Crippen LogP contribution in [0.25, 0.3) is 11.0 Å². The summed E-state index contributed by atoms with van der Waals surface area (Å²) >= 11 is 0. The van der Waals surface area contributed by atoms with Crippen LogP contribution in [0.15, 0.2) is 84.9 Å². The molecule has 0 aliphatic carbocycles. The lowest BCUT2D eigenvalue weighted by molar-refractivity contribution is -0.133. The molecule has 0 spiro atoms. The molecule has 3 aromatic carbocycles. The first-order chi connectivity index (χ1) is 16.7. The summed E-state index contributed by atoms with van der Waals surface area (Å²) in [7, 11) is 0. The van der Waals surface area contributed by atoms with Gasteiger partial charge in [0.2, 0.25) is 5.91 Å². The van der Waals surface area contributed by atoms with Gasteiger partial charge in [-0.2, -0.15) is 0 Å². The third-order valence-corrected chi connectivity index (χ3v) is 6.41. The number of para-hydroxylation sites is 3. The van der Waals surface area contributed by atoms with E-state index in [1.165, 1.54) is 0 Å². The van der Waals surface area contributed by atoms with Crippen LogP contribution in [0.3, 0.4) is 0 Å². The van der Waals surface area contributed by atoms with Crippen LogP contribution in [0.1, 0.15) is 29.0 Å². The molecule has 1 fully saturated rings. The number of hydrogen-bond donors (Lipinski definition) is 0. The van der Waals surface area contributed by atoms with Crippen LogP contribution in [-0.2, 0) is 17.9 Å². The number of aromatic nitrogens is 2. The third-order valence-electron chi connectivity index (χ3n) is 6.41. The van der Waals surface area contributed by atoms with Gasteiger partial charge in [-0.05, 0) is 37.1 Å². The molecule has 1 aliphatic heterocycles. The highest BCUT2D eigenvalue weighted by molar-refractivity contribution is 5.98. The van der Waals surface area contributed by atoms with Gasteiger partial charge >= 0.3 is 0 Å². The standard InChI is InChI=1S/C28H27N3O3/c32-27(30-17-15-22(16-18-30)28(33)21-9-3-1-4-10-21)19-31-25-14-8-7-13-24(25)29-26(31)20-34-23-11-5-2-6-12-23/h1-14,22H,15-20H2. The van der Waals surface area contributed by atoms with Gasteiger partial charge in [0, 0.05) is 24.6 Å². The Morgan fingerprint density at radius 2 is 1.50 bits per heavy atom. The number of ether oxygens (including phenoxy) is 1. The molecule has 6 nitrogen and oxygen atoms in total. The van der Waals surface area contributed by atoms with Gasteiger partial charge in [0.15, 0.2) is 5.78 Å². The Kier molecular flexibility index (Phi) is 6.38. The van der Waals surface area contributed by atoms with Crippen LogP contribution >= 0.6 is 0 Å². The van der Waals surface area contributed by atoms with Crippen LogP contribution in [0.4, 0.5) is 0 Å². The van der Waals surface area contributed by atoms with E-state index < -0.39 is 0 Å². The molecule has 172 valence electrons. The lowest BCUT2D eigenvalue weighted by Gasteiger charge is -2.31. The van der Waals surface area contributed by atoms with E-state index in [0.717, 1.165) is 22.3 Å². The highest BCUT2D eigenvalue weighted by Crippen LogP contribution is 2.23. The van der Waals surface area contributed by atoms with Crippen molar-refractivity contribution in [2.45, 2.75) is 26.0 Å². The molecule has 1 amide bonds. The summed E-state index contributed by atoms with van der Waals surface area (Å²) in [5.74, 6) is 1.66.